The van der Waals surface area contributed by atoms with E-state index >= 15 is 0 Å². The molecule has 3 aromatic carbocycles. The minimum atomic E-state index is -1.73. The third-order valence-corrected chi connectivity index (χ3v) is 7.56. The molecule has 2 N–H and O–H groups in total. The van der Waals surface area contributed by atoms with Crippen LogP contribution in [0.2, 0.25) is 5.02 Å². The van der Waals surface area contributed by atoms with Gasteiger partial charge in [0.15, 0.2) is 5.60 Å². The van der Waals surface area contributed by atoms with Gasteiger partial charge in [-0.15, -0.1) is 5.10 Å². The van der Waals surface area contributed by atoms with Crippen molar-refractivity contribution in [2.45, 2.75) is 38.0 Å². The number of aromatic nitrogens is 3. The van der Waals surface area contributed by atoms with Crippen molar-refractivity contribution < 1.29 is 15.0 Å². The summed E-state index contributed by atoms with van der Waals surface area (Å²) in [5.41, 5.74) is 2.13. The van der Waals surface area contributed by atoms with Crippen molar-refractivity contribution in [1.29, 1.82) is 0 Å². The Morgan fingerprint density at radius 2 is 1.77 bits per heavy atom. The molecular formula is C31H31ClN4O3. The molecule has 1 aromatic heterocycles. The van der Waals surface area contributed by atoms with Gasteiger partial charge in [0.25, 0.3) is 5.91 Å². The summed E-state index contributed by atoms with van der Waals surface area (Å²) in [6, 6.07) is 24.7. The molecule has 1 unspecified atom stereocenters. The Morgan fingerprint density at radius 1 is 1.05 bits per heavy atom. The predicted octanol–water partition coefficient (Wildman–Crippen LogP) is 5.07. The maximum absolute atomic E-state index is 13.7. The van der Waals surface area contributed by atoms with Crippen LogP contribution in [0.3, 0.4) is 0 Å². The average molecular weight is 543 g/mol. The molecule has 0 aliphatic carbocycles. The molecule has 0 saturated heterocycles. The zero-order valence-corrected chi connectivity index (χ0v) is 22.4. The number of carbonyl (C=O) groups is 1. The summed E-state index contributed by atoms with van der Waals surface area (Å²) in [6.45, 7) is 2.71. The average Bonchev–Trinajstić information content (AvgIpc) is 3.50. The van der Waals surface area contributed by atoms with Crippen LogP contribution in [0.25, 0.3) is 0 Å². The van der Waals surface area contributed by atoms with Crippen LogP contribution in [0.4, 0.5) is 5.69 Å². The first kappa shape index (κ1) is 26.8. The number of aliphatic hydroxyl groups is 2. The molecule has 2 heterocycles. The highest BCUT2D eigenvalue weighted by molar-refractivity contribution is 6.31. The van der Waals surface area contributed by atoms with Crippen molar-refractivity contribution in [3.05, 3.63) is 125 Å². The van der Waals surface area contributed by atoms with Crippen LogP contribution in [0.15, 0.2) is 97.2 Å². The largest absolute Gasteiger partial charge is 0.395 e. The number of nitrogens with zero attached hydrogens (tertiary/aromatic N) is 4. The lowest BCUT2D eigenvalue weighted by Gasteiger charge is -2.27. The van der Waals surface area contributed by atoms with Crippen LogP contribution in [0, 0.1) is 5.92 Å². The van der Waals surface area contributed by atoms with Crippen LogP contribution < -0.4 is 4.90 Å². The minimum Gasteiger partial charge on any atom is -0.395 e. The van der Waals surface area contributed by atoms with Gasteiger partial charge in [-0.3, -0.25) is 9.48 Å². The Labute approximate surface area is 233 Å². The number of allylic oxidation sites excluding steroid dienone is 1. The second kappa shape index (κ2) is 11.5. The normalized spacial score (nSPS) is 18.5. The van der Waals surface area contributed by atoms with E-state index < -0.39 is 11.5 Å². The van der Waals surface area contributed by atoms with Gasteiger partial charge in [-0.05, 0) is 35.7 Å². The van der Waals surface area contributed by atoms with Gasteiger partial charge in [-0.1, -0.05) is 96.6 Å². The van der Waals surface area contributed by atoms with Gasteiger partial charge in [0, 0.05) is 29.2 Å². The Balaban J connectivity index is 1.28. The van der Waals surface area contributed by atoms with Crippen molar-refractivity contribution in [1.82, 2.24) is 15.0 Å². The molecule has 0 radical (unpaired) electrons. The van der Waals surface area contributed by atoms with Gasteiger partial charge < -0.3 is 15.1 Å². The maximum Gasteiger partial charge on any atom is 0.264 e. The number of anilines is 1. The van der Waals surface area contributed by atoms with Crippen LogP contribution in [0.5, 0.6) is 0 Å². The summed E-state index contributed by atoms with van der Waals surface area (Å²) in [4.78, 5) is 15.3. The molecule has 0 fully saturated rings. The maximum atomic E-state index is 13.7. The lowest BCUT2D eigenvalue weighted by atomic mass is 9.83. The van der Waals surface area contributed by atoms with E-state index in [9.17, 15) is 15.0 Å². The van der Waals surface area contributed by atoms with Gasteiger partial charge in [-0.25, -0.2) is 0 Å². The highest BCUT2D eigenvalue weighted by Gasteiger charge is 2.52. The monoisotopic (exact) mass is 542 g/mol. The summed E-state index contributed by atoms with van der Waals surface area (Å²) in [5.74, 6) is -1.09. The highest BCUT2D eigenvalue weighted by Crippen LogP contribution is 2.46. The number of benzene rings is 3. The predicted molar refractivity (Wildman–Crippen MR) is 151 cm³/mol. The second-order valence-corrected chi connectivity index (χ2v) is 10.3. The van der Waals surface area contributed by atoms with E-state index in [1.165, 1.54) is 0 Å². The number of hydrogen-bond donors (Lipinski definition) is 2. The molecule has 1 aliphatic rings. The van der Waals surface area contributed by atoms with E-state index in [1.807, 2.05) is 85.9 Å². The lowest BCUT2D eigenvalue weighted by Crippen LogP contribution is -2.44. The molecule has 0 saturated carbocycles. The Kier molecular flexibility index (Phi) is 7.93. The number of carbonyl (C=O) groups excluding carboxylic acids is 1. The molecule has 4 aromatic rings. The number of hydrogen-bond acceptors (Lipinski definition) is 5. The fraction of sp³-hybridized carbons (Fsp3) is 0.258. The molecule has 0 spiro atoms. The van der Waals surface area contributed by atoms with Gasteiger partial charge in [0.1, 0.15) is 0 Å². The smallest absolute Gasteiger partial charge is 0.264 e. The van der Waals surface area contributed by atoms with Gasteiger partial charge in [-0.2, -0.15) is 0 Å². The number of aryl methyl sites for hydroxylation is 1. The molecule has 5 rings (SSSR count). The van der Waals surface area contributed by atoms with Crippen molar-refractivity contribution >= 4 is 23.2 Å². The first-order valence-electron chi connectivity index (χ1n) is 13.0. The van der Waals surface area contributed by atoms with Crippen molar-refractivity contribution in [3.63, 3.8) is 0 Å². The topological polar surface area (TPSA) is 91.5 Å². The van der Waals surface area contributed by atoms with Crippen LogP contribution in [0.1, 0.15) is 41.6 Å². The van der Waals surface area contributed by atoms with Gasteiger partial charge in [0.2, 0.25) is 0 Å². The molecule has 39 heavy (non-hydrogen) atoms. The summed E-state index contributed by atoms with van der Waals surface area (Å²) < 4.78 is 1.74. The summed E-state index contributed by atoms with van der Waals surface area (Å²) >= 11 is 6.29. The third kappa shape index (κ3) is 5.39. The Bertz CT molecular complexity index is 1460. The Hall–Kier alpha value is -3.78. The second-order valence-electron chi connectivity index (χ2n) is 9.86. The molecule has 7 nitrogen and oxygen atoms in total. The first-order chi connectivity index (χ1) is 18.9. The van der Waals surface area contributed by atoms with Crippen molar-refractivity contribution in [3.8, 4) is 0 Å². The van der Waals surface area contributed by atoms with Crippen LogP contribution in [-0.2, 0) is 23.5 Å². The number of fused-ring (bicyclic) bond motifs is 1. The van der Waals surface area contributed by atoms with E-state index in [2.05, 4.69) is 10.3 Å². The minimum absolute atomic E-state index is 0.0560. The highest BCUT2D eigenvalue weighted by atomic mass is 35.5. The molecule has 3 atom stereocenters. The SMILES string of the molecule is C[C@H](/C=C/CCn1cc(C(CO)c2ccccc2)nn1)[C@@]1(O)C(=O)N(Cc2ccccc2)c2ccc(Cl)cc21. The summed E-state index contributed by atoms with van der Waals surface area (Å²) in [7, 11) is 0. The zero-order valence-electron chi connectivity index (χ0n) is 21.7. The van der Waals surface area contributed by atoms with E-state index in [0.717, 1.165) is 11.1 Å². The number of amides is 1. The molecule has 1 aliphatic heterocycles. The number of halogens is 1. The number of rotatable bonds is 10. The summed E-state index contributed by atoms with van der Waals surface area (Å²) in [6.07, 6.45) is 6.29. The van der Waals surface area contributed by atoms with Crippen molar-refractivity contribution in [2.75, 3.05) is 11.5 Å². The summed E-state index contributed by atoms with van der Waals surface area (Å²) in [5, 5.41) is 30.7. The Morgan fingerprint density at radius 3 is 2.49 bits per heavy atom. The molecular weight excluding hydrogens is 512 g/mol. The standard InChI is InChI=1S/C31H31ClN4O3/c1-22(10-8-9-17-35-20-28(33-34-35)26(21-37)24-13-6-3-7-14-24)31(39)27-18-25(32)15-16-29(27)36(30(31)38)19-23-11-4-2-5-12-23/h2-8,10-16,18,20,22,26,37,39H,9,17,19,21H2,1H3/b10-8+/t22-,26?,31+/m1/s1. The molecule has 1 amide bonds. The van der Waals surface area contributed by atoms with Gasteiger partial charge in [0.05, 0.1) is 30.5 Å². The molecule has 200 valence electrons. The van der Waals surface area contributed by atoms with Crippen molar-refractivity contribution in [2.24, 2.45) is 5.92 Å². The third-order valence-electron chi connectivity index (χ3n) is 7.32. The zero-order chi connectivity index (χ0) is 27.4. The quantitative estimate of drug-likeness (QED) is 0.273. The van der Waals surface area contributed by atoms with E-state index in [-0.39, 0.29) is 18.4 Å². The lowest BCUT2D eigenvalue weighted by molar-refractivity contribution is -0.139. The van der Waals surface area contributed by atoms with Crippen LogP contribution >= 0.6 is 11.6 Å². The van der Waals surface area contributed by atoms with E-state index in [4.69, 9.17) is 11.6 Å². The molecule has 8 heteroatoms. The molecule has 0 bridgehead atoms. The fourth-order valence-corrected chi connectivity index (χ4v) is 5.30. The van der Waals surface area contributed by atoms with Crippen LogP contribution in [-0.4, -0.2) is 37.7 Å². The fourth-order valence-electron chi connectivity index (χ4n) is 5.13. The number of aliphatic hydroxyl groups excluding tert-OH is 1. The van der Waals surface area contributed by atoms with E-state index in [0.29, 0.717) is 41.5 Å². The van der Waals surface area contributed by atoms with Gasteiger partial charge >= 0.3 is 0 Å². The van der Waals surface area contributed by atoms with E-state index in [1.54, 1.807) is 27.8 Å². The first-order valence-corrected chi connectivity index (χ1v) is 13.4.